The van der Waals surface area contributed by atoms with Crippen molar-refractivity contribution in [2.24, 2.45) is 0 Å². The highest BCUT2D eigenvalue weighted by atomic mass is 16.5. The normalized spacial score (nSPS) is 21.0. The molecule has 1 amide bonds. The van der Waals surface area contributed by atoms with Gasteiger partial charge in [0, 0.05) is 26.2 Å². The zero-order valence-corrected chi connectivity index (χ0v) is 15.4. The van der Waals surface area contributed by atoms with Crippen molar-refractivity contribution >= 4 is 5.91 Å². The maximum absolute atomic E-state index is 12.4. The van der Waals surface area contributed by atoms with Gasteiger partial charge in [-0.05, 0) is 44.0 Å². The Morgan fingerprint density at radius 1 is 1.04 bits per heavy atom. The summed E-state index contributed by atoms with van der Waals surface area (Å²) in [4.78, 5) is 17.1. The molecule has 0 unspecified atom stereocenters. The number of carbonyl (C=O) groups is 1. The maximum Gasteiger partial charge on any atom is 0.237 e. The Hall–Kier alpha value is -1.43. The predicted octanol–water partition coefficient (Wildman–Crippen LogP) is 2.01. The van der Waals surface area contributed by atoms with Crippen LogP contribution in [0.3, 0.4) is 0 Å². The molecule has 0 spiro atoms. The van der Waals surface area contributed by atoms with Gasteiger partial charge in [-0.3, -0.25) is 14.6 Å². The van der Waals surface area contributed by atoms with E-state index in [9.17, 15) is 4.79 Å². The first-order valence-corrected chi connectivity index (χ1v) is 9.62. The summed E-state index contributed by atoms with van der Waals surface area (Å²) in [7, 11) is 0. The minimum absolute atomic E-state index is 0.0270. The molecule has 0 saturated carbocycles. The maximum atomic E-state index is 12.4. The third kappa shape index (κ3) is 5.53. The Kier molecular flexibility index (Phi) is 6.84. The fourth-order valence-corrected chi connectivity index (χ4v) is 3.59. The van der Waals surface area contributed by atoms with Gasteiger partial charge in [0.2, 0.25) is 5.91 Å². The van der Waals surface area contributed by atoms with Gasteiger partial charge in [0.1, 0.15) is 0 Å². The van der Waals surface area contributed by atoms with E-state index in [2.05, 4.69) is 39.4 Å². The average molecular weight is 345 g/mol. The van der Waals surface area contributed by atoms with Crippen molar-refractivity contribution in [3.05, 3.63) is 35.4 Å². The van der Waals surface area contributed by atoms with Gasteiger partial charge >= 0.3 is 0 Å². The molecule has 2 saturated heterocycles. The lowest BCUT2D eigenvalue weighted by molar-refractivity contribution is -0.126. The largest absolute Gasteiger partial charge is 0.379 e. The van der Waals surface area contributed by atoms with Crippen molar-refractivity contribution in [2.45, 2.75) is 45.3 Å². The number of nitrogens with zero attached hydrogens (tertiary/aromatic N) is 2. The molecule has 2 heterocycles. The Labute approximate surface area is 151 Å². The van der Waals surface area contributed by atoms with Crippen LogP contribution >= 0.6 is 0 Å². The van der Waals surface area contributed by atoms with Crippen molar-refractivity contribution in [2.75, 3.05) is 39.4 Å². The molecule has 5 heteroatoms. The quantitative estimate of drug-likeness (QED) is 0.857. The van der Waals surface area contributed by atoms with Gasteiger partial charge in [0.05, 0.1) is 19.3 Å². The number of ether oxygens (including phenoxy) is 1. The lowest BCUT2D eigenvalue weighted by Crippen LogP contribution is -2.46. The summed E-state index contributed by atoms with van der Waals surface area (Å²) in [5.74, 6) is 0.138. The molecular weight excluding hydrogens is 314 g/mol. The van der Waals surface area contributed by atoms with Crippen LogP contribution in [0.15, 0.2) is 24.3 Å². The summed E-state index contributed by atoms with van der Waals surface area (Å²) < 4.78 is 5.39. The van der Waals surface area contributed by atoms with Gasteiger partial charge in [-0.15, -0.1) is 0 Å². The van der Waals surface area contributed by atoms with Crippen molar-refractivity contribution in [1.82, 2.24) is 15.1 Å². The van der Waals surface area contributed by atoms with Gasteiger partial charge in [0.15, 0.2) is 0 Å². The van der Waals surface area contributed by atoms with E-state index in [0.29, 0.717) is 6.54 Å². The second-order valence-electron chi connectivity index (χ2n) is 7.20. The Morgan fingerprint density at radius 2 is 1.68 bits per heavy atom. The van der Waals surface area contributed by atoms with Crippen LogP contribution in [0.25, 0.3) is 0 Å². The number of benzene rings is 1. The number of hydrogen-bond acceptors (Lipinski definition) is 4. The highest BCUT2D eigenvalue weighted by Crippen LogP contribution is 2.13. The summed E-state index contributed by atoms with van der Waals surface area (Å²) in [6.45, 7) is 9.37. The molecule has 1 aromatic carbocycles. The summed E-state index contributed by atoms with van der Waals surface area (Å²) in [5, 5.41) is 3.09. The first-order valence-electron chi connectivity index (χ1n) is 9.62. The Bertz CT molecular complexity index is 534. The number of hydrogen-bond donors (Lipinski definition) is 1. The molecule has 2 aliphatic heterocycles. The number of likely N-dealkylation sites (tertiary alicyclic amines) is 1. The van der Waals surface area contributed by atoms with Crippen LogP contribution in [-0.2, 0) is 22.6 Å². The molecule has 138 valence electrons. The van der Waals surface area contributed by atoms with Crippen LogP contribution < -0.4 is 5.32 Å². The molecule has 0 bridgehead atoms. The van der Waals surface area contributed by atoms with Gasteiger partial charge in [-0.1, -0.05) is 30.7 Å². The van der Waals surface area contributed by atoms with Gasteiger partial charge in [-0.25, -0.2) is 0 Å². The number of amides is 1. The number of piperidine rings is 1. The smallest absolute Gasteiger partial charge is 0.237 e. The lowest BCUT2D eigenvalue weighted by Gasteiger charge is -2.31. The highest BCUT2D eigenvalue weighted by molar-refractivity contribution is 5.81. The molecular formula is C20H31N3O2. The van der Waals surface area contributed by atoms with E-state index in [1.165, 1.54) is 24.8 Å². The molecule has 5 nitrogen and oxygen atoms in total. The van der Waals surface area contributed by atoms with Gasteiger partial charge < -0.3 is 10.1 Å². The van der Waals surface area contributed by atoms with Crippen LogP contribution in [0, 0.1) is 0 Å². The van der Waals surface area contributed by atoms with Crippen molar-refractivity contribution in [1.29, 1.82) is 0 Å². The number of rotatable bonds is 6. The SMILES string of the molecule is C[C@@H](C(=O)NCc1ccc(CN2CCOCC2)cc1)N1CCCCC1. The number of nitrogens with one attached hydrogen (secondary N) is 1. The fraction of sp³-hybridized carbons (Fsp3) is 0.650. The molecule has 0 radical (unpaired) electrons. The number of morpholine rings is 1. The zero-order chi connectivity index (χ0) is 17.5. The van der Waals surface area contributed by atoms with E-state index in [-0.39, 0.29) is 11.9 Å². The monoisotopic (exact) mass is 345 g/mol. The molecule has 2 fully saturated rings. The van der Waals surface area contributed by atoms with Gasteiger partial charge in [-0.2, -0.15) is 0 Å². The van der Waals surface area contributed by atoms with Crippen LogP contribution in [0.5, 0.6) is 0 Å². The second-order valence-corrected chi connectivity index (χ2v) is 7.20. The van der Waals surface area contributed by atoms with Crippen LogP contribution in [0.1, 0.15) is 37.3 Å². The highest BCUT2D eigenvalue weighted by Gasteiger charge is 2.22. The summed E-state index contributed by atoms with van der Waals surface area (Å²) in [5.41, 5.74) is 2.48. The summed E-state index contributed by atoms with van der Waals surface area (Å²) >= 11 is 0. The zero-order valence-electron chi connectivity index (χ0n) is 15.4. The minimum atomic E-state index is -0.0270. The van der Waals surface area contributed by atoms with E-state index in [1.54, 1.807) is 0 Å². The van der Waals surface area contributed by atoms with Crippen molar-refractivity contribution in [3.63, 3.8) is 0 Å². The van der Waals surface area contributed by atoms with E-state index >= 15 is 0 Å². The van der Waals surface area contributed by atoms with Crippen LogP contribution in [0.4, 0.5) is 0 Å². The average Bonchev–Trinajstić information content (AvgIpc) is 2.68. The third-order valence-electron chi connectivity index (χ3n) is 5.32. The molecule has 0 aliphatic carbocycles. The molecule has 1 atom stereocenters. The summed E-state index contributed by atoms with van der Waals surface area (Å²) in [6.07, 6.45) is 3.71. The van der Waals surface area contributed by atoms with Crippen LogP contribution in [0.2, 0.25) is 0 Å². The Morgan fingerprint density at radius 3 is 2.36 bits per heavy atom. The molecule has 1 N–H and O–H groups in total. The van der Waals surface area contributed by atoms with Gasteiger partial charge in [0.25, 0.3) is 0 Å². The molecule has 1 aromatic rings. The summed E-state index contributed by atoms with van der Waals surface area (Å²) in [6, 6.07) is 8.57. The Balaban J connectivity index is 1.43. The fourth-order valence-electron chi connectivity index (χ4n) is 3.59. The topological polar surface area (TPSA) is 44.8 Å². The predicted molar refractivity (Wildman–Crippen MR) is 99.3 cm³/mol. The van der Waals surface area contributed by atoms with E-state index in [1.807, 2.05) is 6.92 Å². The van der Waals surface area contributed by atoms with Crippen molar-refractivity contribution in [3.8, 4) is 0 Å². The minimum Gasteiger partial charge on any atom is -0.379 e. The van der Waals surface area contributed by atoms with Crippen molar-refractivity contribution < 1.29 is 9.53 Å². The first-order chi connectivity index (χ1) is 12.2. The molecule has 3 rings (SSSR count). The molecule has 2 aliphatic rings. The molecule has 25 heavy (non-hydrogen) atoms. The lowest BCUT2D eigenvalue weighted by atomic mass is 10.1. The first kappa shape index (κ1) is 18.4. The van der Waals surface area contributed by atoms with E-state index < -0.39 is 0 Å². The third-order valence-corrected chi connectivity index (χ3v) is 5.32. The molecule has 0 aromatic heterocycles. The van der Waals surface area contributed by atoms with E-state index in [0.717, 1.165) is 51.5 Å². The standard InChI is InChI=1S/C20H31N3O2/c1-17(23-9-3-2-4-10-23)20(24)21-15-18-5-7-19(8-6-18)16-22-11-13-25-14-12-22/h5-8,17H,2-4,9-16H2,1H3,(H,21,24)/t17-/m0/s1. The number of carbonyl (C=O) groups excluding carboxylic acids is 1. The van der Waals surface area contributed by atoms with Crippen LogP contribution in [-0.4, -0.2) is 61.1 Å². The van der Waals surface area contributed by atoms with E-state index in [4.69, 9.17) is 4.74 Å². The second kappa shape index (κ2) is 9.32.